The van der Waals surface area contributed by atoms with Gasteiger partial charge in [0.05, 0.1) is 17.6 Å². The zero-order valence-electron chi connectivity index (χ0n) is 15.5. The zero-order chi connectivity index (χ0) is 19.8. The van der Waals surface area contributed by atoms with Crippen LogP contribution in [0.2, 0.25) is 0 Å². The Morgan fingerprint density at radius 1 is 0.759 bits per heavy atom. The maximum absolute atomic E-state index is 10.3. The maximum atomic E-state index is 10.3. The molecule has 0 saturated heterocycles. The smallest absolute Gasteiger partial charge is 0.145 e. The first-order valence-corrected chi connectivity index (χ1v) is 9.28. The zero-order valence-corrected chi connectivity index (χ0v) is 15.5. The van der Waals surface area contributed by atoms with Crippen LogP contribution in [0.1, 0.15) is 0 Å². The van der Waals surface area contributed by atoms with Crippen LogP contribution >= 0.6 is 0 Å². The van der Waals surface area contributed by atoms with E-state index in [-0.39, 0.29) is 5.75 Å². The summed E-state index contributed by atoms with van der Waals surface area (Å²) in [7, 11) is 0. The van der Waals surface area contributed by atoms with Gasteiger partial charge in [-0.05, 0) is 48.5 Å². The van der Waals surface area contributed by atoms with E-state index < -0.39 is 0 Å². The van der Waals surface area contributed by atoms with Crippen molar-refractivity contribution in [2.45, 2.75) is 0 Å². The molecule has 5 nitrogen and oxygen atoms in total. The molecule has 0 spiro atoms. The van der Waals surface area contributed by atoms with Gasteiger partial charge in [-0.1, -0.05) is 30.3 Å². The van der Waals surface area contributed by atoms with Crippen molar-refractivity contribution in [3.63, 3.8) is 0 Å². The van der Waals surface area contributed by atoms with Crippen LogP contribution in [0.3, 0.4) is 0 Å². The van der Waals surface area contributed by atoms with Crippen LogP contribution in [0.15, 0.2) is 91.3 Å². The summed E-state index contributed by atoms with van der Waals surface area (Å²) in [5.41, 5.74) is 11.0. The Balaban J connectivity index is 1.84. The van der Waals surface area contributed by atoms with Crippen LogP contribution in [0.4, 0.5) is 5.69 Å². The number of benzene rings is 3. The Labute approximate surface area is 167 Å². The molecule has 0 bridgehead atoms. The molecule has 0 saturated carbocycles. The first kappa shape index (κ1) is 17.0. The third-order valence-corrected chi connectivity index (χ3v) is 4.97. The number of imidazole rings is 1. The van der Waals surface area contributed by atoms with Crippen molar-refractivity contribution in [1.29, 1.82) is 0 Å². The monoisotopic (exact) mass is 378 g/mol. The lowest BCUT2D eigenvalue weighted by molar-refractivity contribution is 0.480. The molecule has 5 aromatic rings. The molecule has 2 aromatic heterocycles. The van der Waals surface area contributed by atoms with E-state index in [1.165, 1.54) is 0 Å². The van der Waals surface area contributed by atoms with Gasteiger partial charge in [0.2, 0.25) is 0 Å². The largest absolute Gasteiger partial charge is 0.506 e. The average Bonchev–Trinajstić information content (AvgIpc) is 3.20. The molecule has 5 heteroatoms. The van der Waals surface area contributed by atoms with Crippen LogP contribution < -0.4 is 5.73 Å². The number of nitrogen functional groups attached to an aromatic ring is 1. The molecular formula is C24H18N4O. The standard InChI is InChI=1S/C24H18N4O/c25-18-10-8-17(9-11-18)24-27-15-21(16-5-2-1-3-6-16)28(24)20-12-13-22(29)23-19(20)7-4-14-26-23/h1-15,29H,25H2. The van der Waals surface area contributed by atoms with Crippen molar-refractivity contribution >= 4 is 16.6 Å². The van der Waals surface area contributed by atoms with Crippen LogP contribution in [0.5, 0.6) is 5.75 Å². The molecule has 0 atom stereocenters. The van der Waals surface area contributed by atoms with Gasteiger partial charge in [0.1, 0.15) is 17.1 Å². The minimum Gasteiger partial charge on any atom is -0.506 e. The third-order valence-electron chi connectivity index (χ3n) is 4.97. The summed E-state index contributed by atoms with van der Waals surface area (Å²) in [5, 5.41) is 11.1. The Hall–Kier alpha value is -4.12. The normalized spacial score (nSPS) is 11.0. The molecule has 0 aliphatic rings. The Morgan fingerprint density at radius 2 is 1.55 bits per heavy atom. The van der Waals surface area contributed by atoms with E-state index in [9.17, 15) is 5.11 Å². The Bertz CT molecular complexity index is 1310. The first-order chi connectivity index (χ1) is 14.2. The number of hydrogen-bond acceptors (Lipinski definition) is 4. The lowest BCUT2D eigenvalue weighted by Gasteiger charge is -2.15. The highest BCUT2D eigenvalue weighted by Crippen LogP contribution is 2.35. The van der Waals surface area contributed by atoms with Crippen molar-refractivity contribution in [3.8, 4) is 34.1 Å². The van der Waals surface area contributed by atoms with E-state index in [0.717, 1.165) is 33.7 Å². The van der Waals surface area contributed by atoms with Crippen molar-refractivity contribution in [3.05, 3.63) is 91.3 Å². The van der Waals surface area contributed by atoms with Gasteiger partial charge in [0, 0.05) is 28.4 Å². The number of nitrogens with zero attached hydrogens (tertiary/aromatic N) is 3. The van der Waals surface area contributed by atoms with Crippen molar-refractivity contribution in [2.75, 3.05) is 5.73 Å². The minimum absolute atomic E-state index is 0.153. The van der Waals surface area contributed by atoms with Gasteiger partial charge in [0.15, 0.2) is 0 Å². The predicted molar refractivity (Wildman–Crippen MR) is 116 cm³/mol. The Kier molecular flexibility index (Phi) is 3.99. The number of phenols is 1. The summed E-state index contributed by atoms with van der Waals surface area (Å²) >= 11 is 0. The topological polar surface area (TPSA) is 77.0 Å². The molecule has 2 heterocycles. The van der Waals surface area contributed by atoms with Crippen molar-refractivity contribution in [2.24, 2.45) is 0 Å². The molecule has 0 fully saturated rings. The third kappa shape index (κ3) is 2.89. The van der Waals surface area contributed by atoms with E-state index in [1.54, 1.807) is 12.3 Å². The summed E-state index contributed by atoms with van der Waals surface area (Å²) in [6.45, 7) is 0. The fourth-order valence-electron chi connectivity index (χ4n) is 3.58. The number of rotatable bonds is 3. The molecule has 5 rings (SSSR count). The highest BCUT2D eigenvalue weighted by molar-refractivity contribution is 5.93. The van der Waals surface area contributed by atoms with Crippen LogP contribution in [-0.4, -0.2) is 19.6 Å². The van der Waals surface area contributed by atoms with Gasteiger partial charge < -0.3 is 10.8 Å². The van der Waals surface area contributed by atoms with E-state index in [2.05, 4.69) is 21.7 Å². The fourth-order valence-corrected chi connectivity index (χ4v) is 3.58. The van der Waals surface area contributed by atoms with Crippen LogP contribution in [-0.2, 0) is 0 Å². The van der Waals surface area contributed by atoms with Crippen molar-refractivity contribution < 1.29 is 5.11 Å². The van der Waals surface area contributed by atoms with Gasteiger partial charge in [-0.15, -0.1) is 0 Å². The van der Waals surface area contributed by atoms with Gasteiger partial charge in [0.25, 0.3) is 0 Å². The molecule has 0 aliphatic heterocycles. The molecule has 0 amide bonds. The summed E-state index contributed by atoms with van der Waals surface area (Å²) in [5.74, 6) is 0.944. The number of fused-ring (bicyclic) bond motifs is 1. The number of hydrogen-bond donors (Lipinski definition) is 2. The van der Waals surface area contributed by atoms with Crippen LogP contribution in [0, 0.1) is 0 Å². The molecule has 3 N–H and O–H groups in total. The quantitative estimate of drug-likeness (QED) is 0.431. The molecule has 0 aliphatic carbocycles. The first-order valence-electron chi connectivity index (χ1n) is 9.28. The highest BCUT2D eigenvalue weighted by Gasteiger charge is 2.18. The summed E-state index contributed by atoms with van der Waals surface area (Å²) in [6.07, 6.45) is 3.55. The second-order valence-electron chi connectivity index (χ2n) is 6.79. The van der Waals surface area contributed by atoms with Gasteiger partial charge in [-0.25, -0.2) is 4.98 Å². The Morgan fingerprint density at radius 3 is 2.34 bits per heavy atom. The molecule has 3 aromatic carbocycles. The van der Waals surface area contributed by atoms with Gasteiger partial charge in [-0.2, -0.15) is 0 Å². The second-order valence-corrected chi connectivity index (χ2v) is 6.79. The number of aromatic nitrogens is 3. The van der Waals surface area contributed by atoms with Gasteiger partial charge in [-0.3, -0.25) is 9.55 Å². The van der Waals surface area contributed by atoms with E-state index in [0.29, 0.717) is 11.2 Å². The molecular weight excluding hydrogens is 360 g/mol. The number of nitrogens with two attached hydrogens (primary N) is 1. The number of phenolic OH excluding ortho intramolecular Hbond substituents is 1. The minimum atomic E-state index is 0.153. The van der Waals surface area contributed by atoms with E-state index in [4.69, 9.17) is 10.7 Å². The maximum Gasteiger partial charge on any atom is 0.145 e. The number of anilines is 1. The van der Waals surface area contributed by atoms with Crippen molar-refractivity contribution in [1.82, 2.24) is 14.5 Å². The number of pyridine rings is 1. The molecule has 0 radical (unpaired) electrons. The average molecular weight is 378 g/mol. The molecule has 0 unspecified atom stereocenters. The van der Waals surface area contributed by atoms with Gasteiger partial charge >= 0.3 is 0 Å². The molecule has 29 heavy (non-hydrogen) atoms. The lowest BCUT2D eigenvalue weighted by Crippen LogP contribution is -2.01. The number of aromatic hydroxyl groups is 1. The summed E-state index contributed by atoms with van der Waals surface area (Å²) in [4.78, 5) is 9.10. The SMILES string of the molecule is Nc1ccc(-c2ncc(-c3ccccc3)n2-c2ccc(O)c3ncccc23)cc1. The van der Waals surface area contributed by atoms with E-state index in [1.807, 2.05) is 66.9 Å². The van der Waals surface area contributed by atoms with Crippen LogP contribution in [0.25, 0.3) is 39.2 Å². The second kappa shape index (κ2) is 6.80. The fraction of sp³-hybridized carbons (Fsp3) is 0. The summed E-state index contributed by atoms with van der Waals surface area (Å²) in [6, 6.07) is 25.2. The summed E-state index contributed by atoms with van der Waals surface area (Å²) < 4.78 is 2.10. The lowest BCUT2D eigenvalue weighted by atomic mass is 10.1. The van der Waals surface area contributed by atoms with E-state index >= 15 is 0 Å². The molecule has 140 valence electrons. The highest BCUT2D eigenvalue weighted by atomic mass is 16.3. The predicted octanol–water partition coefficient (Wildman–Crippen LogP) is 5.04.